The van der Waals surface area contributed by atoms with Gasteiger partial charge in [-0.3, -0.25) is 0 Å². The highest BCUT2D eigenvalue weighted by Crippen LogP contribution is 2.19. The SMILES string of the molecule is COCCSc1nc(Cl)nc(N2CCOCC2)n1. The summed E-state index contributed by atoms with van der Waals surface area (Å²) in [6.45, 7) is 3.59. The maximum atomic E-state index is 5.92. The van der Waals surface area contributed by atoms with Crippen LogP contribution in [0.5, 0.6) is 0 Å². The van der Waals surface area contributed by atoms with Crippen molar-refractivity contribution < 1.29 is 9.47 Å². The van der Waals surface area contributed by atoms with Crippen LogP contribution in [0, 0.1) is 0 Å². The second-order valence-corrected chi connectivity index (χ2v) is 5.03. The number of methoxy groups -OCH3 is 1. The lowest BCUT2D eigenvalue weighted by molar-refractivity contribution is 0.122. The molecule has 0 atom stereocenters. The lowest BCUT2D eigenvalue weighted by Gasteiger charge is -2.26. The molecule has 0 saturated carbocycles. The number of thioether (sulfide) groups is 1. The van der Waals surface area contributed by atoms with Crippen molar-refractivity contribution >= 4 is 29.3 Å². The number of morpholine rings is 1. The maximum absolute atomic E-state index is 5.92. The van der Waals surface area contributed by atoms with Crippen molar-refractivity contribution in [3.63, 3.8) is 0 Å². The molecule has 0 bridgehead atoms. The lowest BCUT2D eigenvalue weighted by Crippen LogP contribution is -2.37. The number of nitrogens with zero attached hydrogens (tertiary/aromatic N) is 4. The van der Waals surface area contributed by atoms with Crippen molar-refractivity contribution in [2.24, 2.45) is 0 Å². The van der Waals surface area contributed by atoms with Crippen molar-refractivity contribution in [3.05, 3.63) is 5.28 Å². The fourth-order valence-corrected chi connectivity index (χ4v) is 2.44. The van der Waals surface area contributed by atoms with E-state index in [-0.39, 0.29) is 5.28 Å². The van der Waals surface area contributed by atoms with Crippen LogP contribution in [0.15, 0.2) is 5.16 Å². The molecule has 1 saturated heterocycles. The van der Waals surface area contributed by atoms with Gasteiger partial charge in [-0.25, -0.2) is 0 Å². The number of aromatic nitrogens is 3. The minimum atomic E-state index is 0.228. The summed E-state index contributed by atoms with van der Waals surface area (Å²) in [6, 6.07) is 0. The zero-order chi connectivity index (χ0) is 12.8. The van der Waals surface area contributed by atoms with Crippen LogP contribution in [0.3, 0.4) is 0 Å². The third-order valence-electron chi connectivity index (χ3n) is 2.39. The van der Waals surface area contributed by atoms with E-state index in [4.69, 9.17) is 21.1 Å². The van der Waals surface area contributed by atoms with Gasteiger partial charge in [0.2, 0.25) is 11.2 Å². The molecule has 0 radical (unpaired) electrons. The van der Waals surface area contributed by atoms with E-state index in [1.807, 2.05) is 0 Å². The molecule has 1 aliphatic rings. The van der Waals surface area contributed by atoms with Crippen LogP contribution < -0.4 is 4.90 Å². The van der Waals surface area contributed by atoms with Crippen molar-refractivity contribution in [2.45, 2.75) is 5.16 Å². The van der Waals surface area contributed by atoms with E-state index in [0.29, 0.717) is 30.9 Å². The Kier molecular flexibility index (Phi) is 5.43. The molecule has 8 heteroatoms. The van der Waals surface area contributed by atoms with E-state index in [2.05, 4.69) is 19.9 Å². The van der Waals surface area contributed by atoms with Crippen LogP contribution in [0.4, 0.5) is 5.95 Å². The number of ether oxygens (including phenoxy) is 2. The van der Waals surface area contributed by atoms with Gasteiger partial charge in [0.15, 0.2) is 5.16 Å². The number of halogens is 1. The number of anilines is 1. The minimum Gasteiger partial charge on any atom is -0.384 e. The molecule has 1 fully saturated rings. The third-order valence-corrected chi connectivity index (χ3v) is 3.37. The molecule has 2 heterocycles. The minimum absolute atomic E-state index is 0.228. The maximum Gasteiger partial charge on any atom is 0.230 e. The predicted octanol–water partition coefficient (Wildman–Crippen LogP) is 1.10. The molecule has 0 aliphatic carbocycles. The first-order chi connectivity index (χ1) is 8.79. The Balaban J connectivity index is 2.05. The van der Waals surface area contributed by atoms with Crippen LogP contribution in [-0.2, 0) is 9.47 Å². The smallest absolute Gasteiger partial charge is 0.230 e. The van der Waals surface area contributed by atoms with Crippen LogP contribution in [0.1, 0.15) is 0 Å². The highest BCUT2D eigenvalue weighted by atomic mass is 35.5. The van der Waals surface area contributed by atoms with Gasteiger partial charge in [-0.2, -0.15) is 15.0 Å². The summed E-state index contributed by atoms with van der Waals surface area (Å²) >= 11 is 7.43. The molecule has 0 aromatic carbocycles. The van der Waals surface area contributed by atoms with Gasteiger partial charge >= 0.3 is 0 Å². The summed E-state index contributed by atoms with van der Waals surface area (Å²) in [6.07, 6.45) is 0. The number of rotatable bonds is 5. The zero-order valence-electron chi connectivity index (χ0n) is 10.1. The van der Waals surface area contributed by atoms with E-state index in [0.717, 1.165) is 18.8 Å². The Morgan fingerprint density at radius 2 is 2.11 bits per heavy atom. The van der Waals surface area contributed by atoms with Crippen molar-refractivity contribution in [3.8, 4) is 0 Å². The summed E-state index contributed by atoms with van der Waals surface area (Å²) in [4.78, 5) is 14.7. The van der Waals surface area contributed by atoms with Gasteiger partial charge in [-0.15, -0.1) is 0 Å². The van der Waals surface area contributed by atoms with E-state index < -0.39 is 0 Å². The van der Waals surface area contributed by atoms with Gasteiger partial charge in [0.1, 0.15) is 0 Å². The molecule has 6 nitrogen and oxygen atoms in total. The summed E-state index contributed by atoms with van der Waals surface area (Å²) in [7, 11) is 1.67. The number of hydrogen-bond acceptors (Lipinski definition) is 7. The zero-order valence-corrected chi connectivity index (χ0v) is 11.7. The van der Waals surface area contributed by atoms with Crippen molar-refractivity contribution in [1.29, 1.82) is 0 Å². The van der Waals surface area contributed by atoms with Gasteiger partial charge in [0.25, 0.3) is 0 Å². The topological polar surface area (TPSA) is 60.4 Å². The van der Waals surface area contributed by atoms with Crippen LogP contribution >= 0.6 is 23.4 Å². The second kappa shape index (κ2) is 7.08. The fraction of sp³-hybridized carbons (Fsp3) is 0.700. The first-order valence-electron chi connectivity index (χ1n) is 5.65. The monoisotopic (exact) mass is 290 g/mol. The Bertz CT molecular complexity index is 390. The molecule has 0 N–H and O–H groups in total. The summed E-state index contributed by atoms with van der Waals surface area (Å²) in [5, 5.41) is 0.861. The quantitative estimate of drug-likeness (QED) is 0.594. The van der Waals surface area contributed by atoms with Crippen molar-refractivity contribution in [1.82, 2.24) is 15.0 Å². The Morgan fingerprint density at radius 3 is 2.83 bits per heavy atom. The van der Waals surface area contributed by atoms with Gasteiger partial charge in [0.05, 0.1) is 19.8 Å². The first kappa shape index (κ1) is 13.8. The van der Waals surface area contributed by atoms with Crippen LogP contribution in [-0.4, -0.2) is 60.7 Å². The van der Waals surface area contributed by atoms with E-state index in [1.165, 1.54) is 11.8 Å². The molecule has 0 amide bonds. The molecule has 2 rings (SSSR count). The Labute approximate surface area is 115 Å². The molecular formula is C10H15ClN4O2S. The van der Waals surface area contributed by atoms with Crippen LogP contribution in [0.2, 0.25) is 5.28 Å². The summed E-state index contributed by atoms with van der Waals surface area (Å²) in [5.41, 5.74) is 0. The van der Waals surface area contributed by atoms with Crippen LogP contribution in [0.25, 0.3) is 0 Å². The molecular weight excluding hydrogens is 276 g/mol. The predicted molar refractivity (Wildman–Crippen MR) is 70.5 cm³/mol. The molecule has 0 spiro atoms. The molecule has 1 aromatic rings. The standard InChI is InChI=1S/C10H15ClN4O2S/c1-16-6-7-18-10-13-8(11)12-9(14-10)15-2-4-17-5-3-15/h2-7H2,1H3. The highest BCUT2D eigenvalue weighted by molar-refractivity contribution is 7.99. The number of hydrogen-bond donors (Lipinski definition) is 0. The average molecular weight is 291 g/mol. The molecule has 18 heavy (non-hydrogen) atoms. The second-order valence-electron chi connectivity index (χ2n) is 3.63. The lowest BCUT2D eigenvalue weighted by atomic mass is 10.4. The molecule has 1 aromatic heterocycles. The van der Waals surface area contributed by atoms with Crippen molar-refractivity contribution in [2.75, 3.05) is 50.7 Å². The largest absolute Gasteiger partial charge is 0.384 e. The molecule has 100 valence electrons. The normalized spacial score (nSPS) is 16.0. The first-order valence-corrected chi connectivity index (χ1v) is 7.02. The summed E-state index contributed by atoms with van der Waals surface area (Å²) in [5.74, 6) is 1.41. The van der Waals surface area contributed by atoms with Gasteiger partial charge in [-0.1, -0.05) is 11.8 Å². The Morgan fingerprint density at radius 1 is 1.33 bits per heavy atom. The van der Waals surface area contributed by atoms with Gasteiger partial charge in [-0.05, 0) is 11.6 Å². The molecule has 0 unspecified atom stereocenters. The fourth-order valence-electron chi connectivity index (χ4n) is 1.51. The van der Waals surface area contributed by atoms with E-state index in [1.54, 1.807) is 7.11 Å². The van der Waals surface area contributed by atoms with Gasteiger partial charge < -0.3 is 14.4 Å². The summed E-state index contributed by atoms with van der Waals surface area (Å²) < 4.78 is 10.3. The van der Waals surface area contributed by atoms with Gasteiger partial charge in [0, 0.05) is 26.0 Å². The van der Waals surface area contributed by atoms with E-state index in [9.17, 15) is 0 Å². The average Bonchev–Trinajstić information content (AvgIpc) is 2.39. The molecule has 1 aliphatic heterocycles. The third kappa shape index (κ3) is 3.94. The van der Waals surface area contributed by atoms with E-state index >= 15 is 0 Å². The highest BCUT2D eigenvalue weighted by Gasteiger charge is 2.16. The Hall–Kier alpha value is -0.630.